The fourth-order valence-electron chi connectivity index (χ4n) is 1.36. The highest BCUT2D eigenvalue weighted by Crippen LogP contribution is 2.19. The van der Waals surface area contributed by atoms with Gasteiger partial charge in [0.1, 0.15) is 0 Å². The van der Waals surface area contributed by atoms with E-state index < -0.39 is 15.6 Å². The van der Waals surface area contributed by atoms with Crippen molar-refractivity contribution in [2.45, 2.75) is 37.3 Å². The fourth-order valence-corrected chi connectivity index (χ4v) is 2.26. The van der Waals surface area contributed by atoms with Gasteiger partial charge in [-0.15, -0.1) is 0 Å². The summed E-state index contributed by atoms with van der Waals surface area (Å²) in [6.07, 6.45) is 0. The highest BCUT2D eigenvalue weighted by Gasteiger charge is 2.22. The van der Waals surface area contributed by atoms with Gasteiger partial charge in [0.2, 0.25) is 10.0 Å². The van der Waals surface area contributed by atoms with Gasteiger partial charge in [0.05, 0.1) is 16.5 Å². The molecule has 0 fully saturated rings. The average Bonchev–Trinajstić information content (AvgIpc) is 2.28. The van der Waals surface area contributed by atoms with E-state index in [1.165, 1.54) is 18.4 Å². The van der Waals surface area contributed by atoms with Gasteiger partial charge < -0.3 is 10.4 Å². The first-order chi connectivity index (χ1) is 8.55. The molecule has 1 atom stereocenters. The van der Waals surface area contributed by atoms with Crippen molar-refractivity contribution in [1.82, 2.24) is 4.31 Å². The molecule has 0 amide bonds. The van der Waals surface area contributed by atoms with E-state index in [9.17, 15) is 13.5 Å². The first kappa shape index (κ1) is 15.9. The molecule has 0 aliphatic carbocycles. The Morgan fingerprint density at radius 2 is 1.68 bits per heavy atom. The lowest BCUT2D eigenvalue weighted by Gasteiger charge is -2.27. The van der Waals surface area contributed by atoms with Crippen LogP contribution >= 0.6 is 0 Å². The molecular weight excluding hydrogens is 264 g/mol. The highest BCUT2D eigenvalue weighted by molar-refractivity contribution is 7.89. The van der Waals surface area contributed by atoms with Gasteiger partial charge in [0.15, 0.2) is 0 Å². The monoisotopic (exact) mass is 286 g/mol. The summed E-state index contributed by atoms with van der Waals surface area (Å²) in [6.45, 7) is 5.30. The van der Waals surface area contributed by atoms with E-state index >= 15 is 0 Å². The van der Waals surface area contributed by atoms with Crippen molar-refractivity contribution in [1.29, 1.82) is 0 Å². The summed E-state index contributed by atoms with van der Waals surface area (Å²) in [5.41, 5.74) is -0.0821. The molecule has 6 heteroatoms. The smallest absolute Gasteiger partial charge is 0.242 e. The van der Waals surface area contributed by atoms with Crippen molar-refractivity contribution in [3.8, 4) is 0 Å². The van der Waals surface area contributed by atoms with Crippen LogP contribution in [-0.4, -0.2) is 43.6 Å². The van der Waals surface area contributed by atoms with E-state index in [1.807, 2.05) is 6.92 Å². The molecule has 0 radical (unpaired) electrons. The molecule has 2 N–H and O–H groups in total. The number of anilines is 1. The molecule has 0 saturated heterocycles. The van der Waals surface area contributed by atoms with Crippen molar-refractivity contribution in [3.63, 3.8) is 0 Å². The third kappa shape index (κ3) is 3.92. The van der Waals surface area contributed by atoms with Crippen molar-refractivity contribution < 1.29 is 13.5 Å². The van der Waals surface area contributed by atoms with Crippen molar-refractivity contribution in [3.05, 3.63) is 24.3 Å². The minimum absolute atomic E-state index is 0.149. The van der Waals surface area contributed by atoms with Gasteiger partial charge in [-0.2, -0.15) is 0 Å². The number of sulfonamides is 1. The summed E-state index contributed by atoms with van der Waals surface area (Å²) in [7, 11) is -0.399. The maximum Gasteiger partial charge on any atom is 0.242 e. The van der Waals surface area contributed by atoms with Crippen molar-refractivity contribution >= 4 is 15.7 Å². The van der Waals surface area contributed by atoms with Gasteiger partial charge >= 0.3 is 0 Å². The van der Waals surface area contributed by atoms with Crippen LogP contribution in [0.4, 0.5) is 5.69 Å². The zero-order valence-corrected chi connectivity index (χ0v) is 12.8. The molecule has 1 unspecified atom stereocenters. The van der Waals surface area contributed by atoms with Crippen molar-refractivity contribution in [2.75, 3.05) is 19.4 Å². The van der Waals surface area contributed by atoms with Gasteiger partial charge in [0.25, 0.3) is 0 Å². The lowest BCUT2D eigenvalue weighted by molar-refractivity contribution is 0.0649. The predicted molar refractivity (Wildman–Crippen MR) is 76.7 cm³/mol. The summed E-state index contributed by atoms with van der Waals surface area (Å²) < 4.78 is 25.0. The number of nitrogens with one attached hydrogen (secondary N) is 1. The molecule has 0 spiro atoms. The average molecular weight is 286 g/mol. The third-order valence-corrected chi connectivity index (χ3v) is 4.91. The molecule has 108 valence electrons. The zero-order chi connectivity index (χ0) is 14.8. The Morgan fingerprint density at radius 3 is 2.05 bits per heavy atom. The SMILES string of the molecule is CC(Nc1ccc(S(=O)(=O)N(C)C)cc1)C(C)(C)O. The van der Waals surface area contributed by atoms with E-state index in [1.54, 1.807) is 38.1 Å². The van der Waals surface area contributed by atoms with E-state index in [4.69, 9.17) is 0 Å². The normalized spacial score (nSPS) is 14.5. The maximum absolute atomic E-state index is 11.9. The van der Waals surface area contributed by atoms with Crippen LogP contribution in [-0.2, 0) is 10.0 Å². The molecule has 19 heavy (non-hydrogen) atoms. The zero-order valence-electron chi connectivity index (χ0n) is 12.0. The highest BCUT2D eigenvalue weighted by atomic mass is 32.2. The van der Waals surface area contributed by atoms with Gasteiger partial charge in [-0.1, -0.05) is 0 Å². The summed E-state index contributed by atoms with van der Waals surface area (Å²) in [5.74, 6) is 0. The van der Waals surface area contributed by atoms with E-state index in [-0.39, 0.29) is 10.9 Å². The molecular formula is C13H22N2O3S. The van der Waals surface area contributed by atoms with E-state index in [0.29, 0.717) is 0 Å². The maximum atomic E-state index is 11.9. The summed E-state index contributed by atoms with van der Waals surface area (Å²) in [6, 6.07) is 6.34. The second-order valence-corrected chi connectivity index (χ2v) is 7.48. The molecule has 5 nitrogen and oxygen atoms in total. The van der Waals surface area contributed by atoms with Crippen LogP contribution < -0.4 is 5.32 Å². The number of rotatable bonds is 5. The standard InChI is InChI=1S/C13H22N2O3S/c1-10(13(2,3)16)14-11-6-8-12(9-7-11)19(17,18)15(4)5/h6-10,14,16H,1-5H3. The Morgan fingerprint density at radius 1 is 1.21 bits per heavy atom. The minimum Gasteiger partial charge on any atom is -0.388 e. The third-order valence-electron chi connectivity index (χ3n) is 3.08. The Hall–Kier alpha value is -1.11. The van der Waals surface area contributed by atoms with Crippen LogP contribution in [0.1, 0.15) is 20.8 Å². The molecule has 1 aromatic rings. The van der Waals surface area contributed by atoms with Crippen LogP contribution in [0.5, 0.6) is 0 Å². The molecule has 1 rings (SSSR count). The largest absolute Gasteiger partial charge is 0.388 e. The summed E-state index contributed by atoms with van der Waals surface area (Å²) >= 11 is 0. The first-order valence-corrected chi connectivity index (χ1v) is 7.50. The Kier molecular flexibility index (Phi) is 4.60. The number of hydrogen-bond acceptors (Lipinski definition) is 4. The van der Waals surface area contributed by atoms with Gasteiger partial charge in [0, 0.05) is 19.8 Å². The van der Waals surface area contributed by atoms with Crippen LogP contribution in [0, 0.1) is 0 Å². The topological polar surface area (TPSA) is 69.6 Å². The van der Waals surface area contributed by atoms with E-state index in [2.05, 4.69) is 5.32 Å². The Bertz CT molecular complexity index is 516. The summed E-state index contributed by atoms with van der Waals surface area (Å²) in [4.78, 5) is 0.249. The molecule has 0 saturated carbocycles. The quantitative estimate of drug-likeness (QED) is 0.861. The van der Waals surface area contributed by atoms with Crippen LogP contribution in [0.2, 0.25) is 0 Å². The van der Waals surface area contributed by atoms with E-state index in [0.717, 1.165) is 5.69 Å². The molecule has 0 aromatic heterocycles. The number of nitrogens with zero attached hydrogens (tertiary/aromatic N) is 1. The van der Waals surface area contributed by atoms with Crippen LogP contribution in [0.15, 0.2) is 29.2 Å². The first-order valence-electron chi connectivity index (χ1n) is 6.06. The van der Waals surface area contributed by atoms with Gasteiger partial charge in [-0.05, 0) is 45.0 Å². The number of hydrogen-bond donors (Lipinski definition) is 2. The summed E-state index contributed by atoms with van der Waals surface area (Å²) in [5, 5.41) is 13.0. The fraction of sp³-hybridized carbons (Fsp3) is 0.538. The lowest BCUT2D eigenvalue weighted by Crippen LogP contribution is -2.39. The second kappa shape index (κ2) is 5.48. The molecule has 0 bridgehead atoms. The number of aliphatic hydroxyl groups is 1. The Balaban J connectivity index is 2.90. The van der Waals surface area contributed by atoms with Gasteiger partial charge in [-0.3, -0.25) is 0 Å². The lowest BCUT2D eigenvalue weighted by atomic mass is 10.0. The molecule has 1 aromatic carbocycles. The second-order valence-electron chi connectivity index (χ2n) is 5.33. The number of benzene rings is 1. The van der Waals surface area contributed by atoms with Crippen molar-refractivity contribution in [2.24, 2.45) is 0 Å². The van der Waals surface area contributed by atoms with Crippen LogP contribution in [0.3, 0.4) is 0 Å². The van der Waals surface area contributed by atoms with Crippen LogP contribution in [0.25, 0.3) is 0 Å². The molecule has 0 aliphatic heterocycles. The molecule has 0 aliphatic rings. The molecule has 0 heterocycles. The predicted octanol–water partition coefficient (Wildman–Crippen LogP) is 1.51. The Labute approximate surface area is 115 Å². The van der Waals surface area contributed by atoms with Gasteiger partial charge in [-0.25, -0.2) is 12.7 Å². The minimum atomic E-state index is -3.39.